The van der Waals surface area contributed by atoms with Crippen LogP contribution in [0.5, 0.6) is 0 Å². The molecule has 0 aliphatic carbocycles. The van der Waals surface area contributed by atoms with Crippen LogP contribution in [0.15, 0.2) is 18.2 Å². The lowest BCUT2D eigenvalue weighted by molar-refractivity contribution is 0.268. The van der Waals surface area contributed by atoms with Crippen LogP contribution in [0.4, 0.5) is 5.69 Å². The summed E-state index contributed by atoms with van der Waals surface area (Å²) in [5, 5.41) is 18.3. The maximum atomic E-state index is 11.6. The fourth-order valence-electron chi connectivity index (χ4n) is 1.56. The Kier molecular flexibility index (Phi) is 5.37. The molecule has 0 spiro atoms. The van der Waals surface area contributed by atoms with E-state index in [0.717, 1.165) is 13.8 Å². The topological polar surface area (TPSA) is 135 Å². The maximum absolute atomic E-state index is 11.6. The summed E-state index contributed by atoms with van der Waals surface area (Å²) in [4.78, 5) is 0. The van der Waals surface area contributed by atoms with Crippen molar-refractivity contribution in [3.8, 4) is 0 Å². The molecule has 0 heterocycles. The van der Waals surface area contributed by atoms with Crippen molar-refractivity contribution < 1.29 is 27.0 Å². The molecule has 0 saturated heterocycles. The van der Waals surface area contributed by atoms with Gasteiger partial charge in [0.15, 0.2) is 30.5 Å². The number of rotatable bonds is 6. The minimum atomic E-state index is -3.72. The summed E-state index contributed by atoms with van der Waals surface area (Å²) in [5.74, 6) is -0.821. The Bertz CT molecular complexity index is 707. The first-order valence-electron chi connectivity index (χ1n) is 6.12. The monoisotopic (exact) mass is 337 g/mol. The van der Waals surface area contributed by atoms with E-state index in [4.69, 9.17) is 15.9 Å². The van der Waals surface area contributed by atoms with Gasteiger partial charge >= 0.3 is 0 Å². The minimum Gasteiger partial charge on any atom is -0.398 e. The van der Waals surface area contributed by atoms with Crippen LogP contribution in [0, 0.1) is 0 Å². The number of benzene rings is 1. The number of aliphatic hydroxyl groups excluding tert-OH is 2. The third-order valence-electron chi connectivity index (χ3n) is 2.97. The lowest BCUT2D eigenvalue weighted by Gasteiger charge is -2.12. The second-order valence-corrected chi connectivity index (χ2v) is 9.44. The number of hydrogen-bond acceptors (Lipinski definition) is 7. The Morgan fingerprint density at radius 1 is 1.00 bits per heavy atom. The van der Waals surface area contributed by atoms with E-state index in [2.05, 4.69) is 0 Å². The van der Waals surface area contributed by atoms with Crippen LogP contribution in [0.1, 0.15) is 25.0 Å². The van der Waals surface area contributed by atoms with Crippen molar-refractivity contribution in [3.05, 3.63) is 29.3 Å². The van der Waals surface area contributed by atoms with Crippen molar-refractivity contribution >= 4 is 25.4 Å². The molecule has 1 aromatic rings. The van der Waals surface area contributed by atoms with Crippen LogP contribution < -0.4 is 5.73 Å². The molecule has 0 radical (unpaired) electrons. The van der Waals surface area contributed by atoms with E-state index in [9.17, 15) is 16.8 Å². The third-order valence-corrected chi connectivity index (χ3v) is 6.50. The molecule has 7 nitrogen and oxygen atoms in total. The quantitative estimate of drug-likeness (QED) is 0.610. The molecule has 0 saturated carbocycles. The van der Waals surface area contributed by atoms with E-state index in [0.29, 0.717) is 5.56 Å². The minimum absolute atomic E-state index is 0.123. The molecule has 2 atom stereocenters. The first-order chi connectivity index (χ1) is 9.45. The third kappa shape index (κ3) is 4.67. The van der Waals surface area contributed by atoms with E-state index in [1.165, 1.54) is 18.2 Å². The molecule has 4 N–H and O–H groups in total. The zero-order valence-electron chi connectivity index (χ0n) is 11.7. The molecule has 1 rings (SSSR count). The Morgan fingerprint density at radius 2 is 1.48 bits per heavy atom. The van der Waals surface area contributed by atoms with Gasteiger partial charge in [-0.25, -0.2) is 16.8 Å². The zero-order valence-corrected chi connectivity index (χ0v) is 13.4. The van der Waals surface area contributed by atoms with Gasteiger partial charge in [0.2, 0.25) is 0 Å². The number of anilines is 1. The van der Waals surface area contributed by atoms with Gasteiger partial charge in [-0.3, -0.25) is 0 Å². The molecule has 9 heteroatoms. The van der Waals surface area contributed by atoms with Crippen LogP contribution in [0.25, 0.3) is 0 Å². The van der Waals surface area contributed by atoms with Gasteiger partial charge in [-0.1, -0.05) is 12.1 Å². The molecule has 0 fully saturated rings. The summed E-state index contributed by atoms with van der Waals surface area (Å²) in [6.07, 6.45) is 0. The first-order valence-corrected chi connectivity index (χ1v) is 9.55. The van der Waals surface area contributed by atoms with Crippen molar-refractivity contribution in [3.63, 3.8) is 0 Å². The van der Waals surface area contributed by atoms with Crippen molar-refractivity contribution in [2.75, 3.05) is 5.73 Å². The number of aliphatic hydroxyl groups is 2. The Balaban J connectivity index is 3.02. The summed E-state index contributed by atoms with van der Waals surface area (Å²) in [6, 6.07) is 4.19. The summed E-state index contributed by atoms with van der Waals surface area (Å²) in [7, 11) is -7.41. The van der Waals surface area contributed by atoms with Crippen LogP contribution in [0.2, 0.25) is 0 Å². The highest BCUT2D eigenvalue weighted by Gasteiger charge is 2.21. The average Bonchev–Trinajstić information content (AvgIpc) is 2.31. The largest absolute Gasteiger partial charge is 0.398 e. The molecule has 0 aliphatic heterocycles. The van der Waals surface area contributed by atoms with Crippen molar-refractivity contribution in [2.24, 2.45) is 0 Å². The number of sulfone groups is 2. The Morgan fingerprint density at radius 3 is 1.90 bits per heavy atom. The molecule has 2 unspecified atom stereocenters. The fraction of sp³-hybridized carbons (Fsp3) is 0.500. The van der Waals surface area contributed by atoms with Gasteiger partial charge in [0.1, 0.15) is 0 Å². The molecule has 120 valence electrons. The fourth-order valence-corrected chi connectivity index (χ4v) is 3.38. The van der Waals surface area contributed by atoms with E-state index in [-0.39, 0.29) is 11.3 Å². The van der Waals surface area contributed by atoms with Crippen LogP contribution in [-0.4, -0.2) is 37.9 Å². The van der Waals surface area contributed by atoms with Gasteiger partial charge in [-0.2, -0.15) is 0 Å². The van der Waals surface area contributed by atoms with Gasteiger partial charge < -0.3 is 15.9 Å². The van der Waals surface area contributed by atoms with Gasteiger partial charge in [-0.05, 0) is 31.0 Å². The number of nitrogens with two attached hydrogens (primary N) is 1. The highest BCUT2D eigenvalue weighted by Crippen LogP contribution is 2.20. The van der Waals surface area contributed by atoms with E-state index < -0.39 is 42.1 Å². The van der Waals surface area contributed by atoms with Crippen LogP contribution >= 0.6 is 0 Å². The highest BCUT2D eigenvalue weighted by molar-refractivity contribution is 7.91. The molecule has 21 heavy (non-hydrogen) atoms. The van der Waals surface area contributed by atoms with Crippen molar-refractivity contribution in [1.29, 1.82) is 0 Å². The Hall–Kier alpha value is -1.16. The summed E-state index contributed by atoms with van der Waals surface area (Å²) in [5.41, 5.74) is 3.48. The lowest BCUT2D eigenvalue weighted by atomic mass is 10.1. The summed E-state index contributed by atoms with van der Waals surface area (Å²) < 4.78 is 46.4. The second-order valence-electron chi connectivity index (χ2n) is 4.85. The predicted octanol–water partition coefficient (Wildman–Crippen LogP) is -0.225. The van der Waals surface area contributed by atoms with Gasteiger partial charge in [-0.15, -0.1) is 0 Å². The first kappa shape index (κ1) is 17.9. The molecule has 0 bridgehead atoms. The van der Waals surface area contributed by atoms with Gasteiger partial charge in [0, 0.05) is 5.69 Å². The van der Waals surface area contributed by atoms with E-state index in [1.54, 1.807) is 0 Å². The van der Waals surface area contributed by atoms with Gasteiger partial charge in [0.05, 0.1) is 11.5 Å². The van der Waals surface area contributed by atoms with Crippen LogP contribution in [-0.2, 0) is 31.2 Å². The summed E-state index contributed by atoms with van der Waals surface area (Å²) in [6.45, 7) is 2.30. The van der Waals surface area contributed by atoms with E-state index >= 15 is 0 Å². The highest BCUT2D eigenvalue weighted by atomic mass is 32.2. The van der Waals surface area contributed by atoms with E-state index in [1.807, 2.05) is 0 Å². The number of hydrogen-bond donors (Lipinski definition) is 3. The maximum Gasteiger partial charge on any atom is 0.180 e. The van der Waals surface area contributed by atoms with Crippen molar-refractivity contribution in [2.45, 2.75) is 36.2 Å². The molecule has 0 aromatic heterocycles. The number of nitrogen functional groups attached to an aromatic ring is 1. The molecule has 1 aromatic carbocycles. The predicted molar refractivity (Wildman–Crippen MR) is 79.5 cm³/mol. The Labute approximate surface area is 124 Å². The normalized spacial score (nSPS) is 15.6. The average molecular weight is 337 g/mol. The SMILES string of the molecule is CC(O)S(=O)(=O)Cc1ccc(CS(=O)(=O)C(C)O)c(N)c1. The van der Waals surface area contributed by atoms with Crippen LogP contribution in [0.3, 0.4) is 0 Å². The second kappa shape index (κ2) is 6.30. The molecular weight excluding hydrogens is 318 g/mol. The lowest BCUT2D eigenvalue weighted by Crippen LogP contribution is -2.20. The standard InChI is InChI=1S/C12H19NO6S2/c1-8(14)20(16,17)6-10-3-4-11(12(13)5-10)7-21(18,19)9(2)15/h3-5,8-9,14-15H,6-7,13H2,1-2H3. The molecular formula is C12H19NO6S2. The smallest absolute Gasteiger partial charge is 0.180 e. The summed E-state index contributed by atoms with van der Waals surface area (Å²) >= 11 is 0. The molecule has 0 aliphatic rings. The van der Waals surface area contributed by atoms with Crippen molar-refractivity contribution in [1.82, 2.24) is 0 Å². The molecule has 0 amide bonds. The zero-order chi connectivity index (χ0) is 16.4. The van der Waals surface area contributed by atoms with Gasteiger partial charge in [0.25, 0.3) is 0 Å².